The van der Waals surface area contributed by atoms with Gasteiger partial charge in [-0.1, -0.05) is 47.0 Å². The summed E-state index contributed by atoms with van der Waals surface area (Å²) in [5.74, 6) is 0. The Labute approximate surface area is 158 Å². The molecule has 0 N–H and O–H groups in total. The maximum absolute atomic E-state index is 6.09. The molecule has 24 heavy (non-hydrogen) atoms. The summed E-state index contributed by atoms with van der Waals surface area (Å²) in [7, 11) is 0. The van der Waals surface area contributed by atoms with Gasteiger partial charge in [0.2, 0.25) is 0 Å². The van der Waals surface area contributed by atoms with Gasteiger partial charge in [0, 0.05) is 35.6 Å². The molecular weight excluding hydrogens is 382 g/mol. The lowest BCUT2D eigenvalue weighted by molar-refractivity contribution is 0.0266. The van der Waals surface area contributed by atoms with Crippen LogP contribution in [0.5, 0.6) is 0 Å². The van der Waals surface area contributed by atoms with Gasteiger partial charge in [0.1, 0.15) is 0 Å². The highest BCUT2D eigenvalue weighted by Gasteiger charge is 2.18. The van der Waals surface area contributed by atoms with Gasteiger partial charge in [-0.05, 0) is 48.4 Å². The number of hydrogen-bond acceptors (Lipinski definition) is 3. The standard InChI is InChI=1S/C20H26BrNOS/c1-16-8-9-17(20(21)12-16)13-22(15-19-7-5-11-24-19)14-18-6-3-2-4-10-23-18/h5,7-9,11-12,18H,2-4,6,10,13-15H2,1H3. The third kappa shape index (κ3) is 5.41. The van der Waals surface area contributed by atoms with Gasteiger partial charge < -0.3 is 4.74 Å². The molecule has 0 amide bonds. The molecule has 0 saturated carbocycles. The Hall–Kier alpha value is -0.680. The minimum Gasteiger partial charge on any atom is -0.377 e. The van der Waals surface area contributed by atoms with E-state index in [2.05, 4.69) is 63.5 Å². The van der Waals surface area contributed by atoms with Crippen molar-refractivity contribution in [1.29, 1.82) is 0 Å². The van der Waals surface area contributed by atoms with Crippen LogP contribution in [0.2, 0.25) is 0 Å². The first-order valence-corrected chi connectivity index (χ1v) is 10.5. The Kier molecular flexibility index (Phi) is 6.90. The summed E-state index contributed by atoms with van der Waals surface area (Å²) < 4.78 is 7.30. The molecule has 0 aliphatic carbocycles. The molecule has 2 aromatic rings. The molecule has 1 aliphatic rings. The minimum atomic E-state index is 0.372. The van der Waals surface area contributed by atoms with Crippen LogP contribution in [-0.2, 0) is 17.8 Å². The van der Waals surface area contributed by atoms with E-state index < -0.39 is 0 Å². The van der Waals surface area contributed by atoms with E-state index in [1.54, 1.807) is 0 Å². The molecule has 1 atom stereocenters. The summed E-state index contributed by atoms with van der Waals surface area (Å²) in [5.41, 5.74) is 2.65. The van der Waals surface area contributed by atoms with Crippen molar-refractivity contribution in [3.63, 3.8) is 0 Å². The average Bonchev–Trinajstić information content (AvgIpc) is 2.92. The van der Waals surface area contributed by atoms with Gasteiger partial charge in [0.15, 0.2) is 0 Å². The van der Waals surface area contributed by atoms with Crippen molar-refractivity contribution in [2.45, 2.75) is 51.8 Å². The second-order valence-electron chi connectivity index (χ2n) is 6.69. The Morgan fingerprint density at radius 3 is 2.92 bits per heavy atom. The highest BCUT2D eigenvalue weighted by atomic mass is 79.9. The van der Waals surface area contributed by atoms with Crippen LogP contribution in [0.15, 0.2) is 40.2 Å². The SMILES string of the molecule is Cc1ccc(CN(Cc2cccs2)CC2CCCCCO2)c(Br)c1. The Balaban J connectivity index is 1.70. The molecule has 1 aliphatic heterocycles. The van der Waals surface area contributed by atoms with Crippen LogP contribution in [0.3, 0.4) is 0 Å². The van der Waals surface area contributed by atoms with Crippen LogP contribution in [-0.4, -0.2) is 24.2 Å². The number of ether oxygens (including phenoxy) is 1. The van der Waals surface area contributed by atoms with Crippen LogP contribution in [0.4, 0.5) is 0 Å². The molecule has 1 saturated heterocycles. The normalized spacial score (nSPS) is 18.7. The zero-order valence-electron chi connectivity index (χ0n) is 14.3. The van der Waals surface area contributed by atoms with Crippen molar-refractivity contribution in [3.05, 3.63) is 56.2 Å². The molecule has 3 rings (SSSR count). The predicted molar refractivity (Wildman–Crippen MR) is 106 cm³/mol. The lowest BCUT2D eigenvalue weighted by Crippen LogP contribution is -2.33. The van der Waals surface area contributed by atoms with E-state index >= 15 is 0 Å². The second-order valence-corrected chi connectivity index (χ2v) is 8.57. The summed E-state index contributed by atoms with van der Waals surface area (Å²) in [5, 5.41) is 2.16. The molecule has 2 nitrogen and oxygen atoms in total. The van der Waals surface area contributed by atoms with E-state index in [1.165, 1.54) is 46.2 Å². The van der Waals surface area contributed by atoms with Crippen molar-refractivity contribution in [3.8, 4) is 0 Å². The molecule has 0 radical (unpaired) electrons. The van der Waals surface area contributed by atoms with Crippen molar-refractivity contribution in [2.75, 3.05) is 13.2 Å². The lowest BCUT2D eigenvalue weighted by Gasteiger charge is -2.27. The lowest BCUT2D eigenvalue weighted by atomic mass is 10.1. The molecule has 1 aromatic carbocycles. The van der Waals surface area contributed by atoms with Crippen LogP contribution in [0.25, 0.3) is 0 Å². The number of thiophene rings is 1. The van der Waals surface area contributed by atoms with Gasteiger partial charge >= 0.3 is 0 Å². The van der Waals surface area contributed by atoms with E-state index in [0.717, 1.165) is 26.2 Å². The van der Waals surface area contributed by atoms with Crippen molar-refractivity contribution < 1.29 is 4.74 Å². The Morgan fingerprint density at radius 2 is 2.12 bits per heavy atom. The van der Waals surface area contributed by atoms with E-state index in [1.807, 2.05) is 11.3 Å². The van der Waals surface area contributed by atoms with Gasteiger partial charge in [0.05, 0.1) is 6.10 Å². The summed E-state index contributed by atoms with van der Waals surface area (Å²) in [6.07, 6.45) is 5.38. The maximum atomic E-state index is 6.09. The predicted octanol–water partition coefficient (Wildman–Crippen LogP) is 5.78. The second kappa shape index (κ2) is 9.14. The summed E-state index contributed by atoms with van der Waals surface area (Å²) in [6, 6.07) is 11.0. The number of hydrogen-bond donors (Lipinski definition) is 0. The average molecular weight is 408 g/mol. The zero-order chi connectivity index (χ0) is 16.8. The quantitative estimate of drug-likeness (QED) is 0.601. The van der Waals surface area contributed by atoms with Crippen molar-refractivity contribution >= 4 is 27.3 Å². The highest BCUT2D eigenvalue weighted by Crippen LogP contribution is 2.23. The van der Waals surface area contributed by atoms with E-state index in [0.29, 0.717) is 6.10 Å². The topological polar surface area (TPSA) is 12.5 Å². The van der Waals surface area contributed by atoms with Gasteiger partial charge in [0.25, 0.3) is 0 Å². The molecule has 1 unspecified atom stereocenters. The van der Waals surface area contributed by atoms with Gasteiger partial charge in [-0.3, -0.25) is 4.90 Å². The van der Waals surface area contributed by atoms with Gasteiger partial charge in [-0.2, -0.15) is 0 Å². The minimum absolute atomic E-state index is 0.372. The Bertz CT molecular complexity index is 621. The maximum Gasteiger partial charge on any atom is 0.0702 e. The summed E-state index contributed by atoms with van der Waals surface area (Å²) in [4.78, 5) is 3.96. The van der Waals surface area contributed by atoms with Crippen LogP contribution in [0, 0.1) is 6.92 Å². The fourth-order valence-corrected chi connectivity index (χ4v) is 4.61. The fourth-order valence-electron chi connectivity index (χ4n) is 3.25. The molecule has 0 spiro atoms. The first kappa shape index (κ1) is 18.1. The Morgan fingerprint density at radius 1 is 1.21 bits per heavy atom. The third-order valence-electron chi connectivity index (χ3n) is 4.55. The number of benzene rings is 1. The monoisotopic (exact) mass is 407 g/mol. The fraction of sp³-hybridized carbons (Fsp3) is 0.500. The van der Waals surface area contributed by atoms with E-state index in [9.17, 15) is 0 Å². The molecule has 2 heterocycles. The van der Waals surface area contributed by atoms with Crippen LogP contribution < -0.4 is 0 Å². The first-order chi connectivity index (χ1) is 11.7. The van der Waals surface area contributed by atoms with Crippen molar-refractivity contribution in [2.24, 2.45) is 0 Å². The highest BCUT2D eigenvalue weighted by molar-refractivity contribution is 9.10. The summed E-state index contributed by atoms with van der Waals surface area (Å²) in [6.45, 7) is 6.03. The van der Waals surface area contributed by atoms with E-state index in [-0.39, 0.29) is 0 Å². The molecule has 0 bridgehead atoms. The summed E-state index contributed by atoms with van der Waals surface area (Å²) >= 11 is 5.58. The van der Waals surface area contributed by atoms with Crippen LogP contribution in [0.1, 0.15) is 41.7 Å². The number of nitrogens with zero attached hydrogens (tertiary/aromatic N) is 1. The van der Waals surface area contributed by atoms with Gasteiger partial charge in [-0.15, -0.1) is 11.3 Å². The molecule has 1 aromatic heterocycles. The molecule has 4 heteroatoms. The van der Waals surface area contributed by atoms with Gasteiger partial charge in [-0.25, -0.2) is 0 Å². The smallest absolute Gasteiger partial charge is 0.0702 e. The first-order valence-electron chi connectivity index (χ1n) is 8.82. The number of halogens is 1. The zero-order valence-corrected chi connectivity index (χ0v) is 16.7. The molecule has 1 fully saturated rings. The number of aryl methyl sites for hydroxylation is 1. The molecular formula is C20H26BrNOS. The third-order valence-corrected chi connectivity index (χ3v) is 6.15. The largest absolute Gasteiger partial charge is 0.377 e. The number of rotatable bonds is 6. The van der Waals surface area contributed by atoms with Crippen LogP contribution >= 0.6 is 27.3 Å². The molecule has 130 valence electrons. The van der Waals surface area contributed by atoms with E-state index in [4.69, 9.17) is 4.74 Å². The van der Waals surface area contributed by atoms with Crippen molar-refractivity contribution in [1.82, 2.24) is 4.90 Å².